The molecule has 1 heterocycles. The van der Waals surface area contributed by atoms with Gasteiger partial charge in [-0.1, -0.05) is 0 Å². The number of carboxylic acid groups (broad SMARTS) is 1. The van der Waals surface area contributed by atoms with Crippen LogP contribution in [0.4, 0.5) is 14.9 Å². The minimum absolute atomic E-state index is 0.0454. The van der Waals surface area contributed by atoms with Crippen molar-refractivity contribution in [1.82, 2.24) is 4.90 Å². The Kier molecular flexibility index (Phi) is 5.34. The summed E-state index contributed by atoms with van der Waals surface area (Å²) in [6, 6.07) is 4.01. The standard InChI is InChI=1S/C13H15FN2O7S/c14-11-5-7-15(13(17)18)8-6-12(11)23-24(21,22)10-3-1-9(2-4-10)16(19)20/h1-4,11-12H,5-8H2,(H,17,18)/t11-,12-/m1/s1. The normalized spacial score (nSPS) is 22.0. The van der Waals surface area contributed by atoms with Gasteiger partial charge in [-0.3, -0.25) is 14.3 Å². The van der Waals surface area contributed by atoms with Crippen LogP contribution in [0.3, 0.4) is 0 Å². The van der Waals surface area contributed by atoms with Crippen molar-refractivity contribution in [3.8, 4) is 0 Å². The summed E-state index contributed by atoms with van der Waals surface area (Å²) in [4.78, 5) is 21.5. The SMILES string of the molecule is O=C(O)N1CC[C@@H](F)[C@H](OS(=O)(=O)c2ccc([N+](=O)[O-])cc2)CC1. The van der Waals surface area contributed by atoms with E-state index in [1.807, 2.05) is 0 Å². The molecule has 1 aliphatic rings. The number of halogens is 1. The van der Waals surface area contributed by atoms with Crippen molar-refractivity contribution < 1.29 is 31.8 Å². The zero-order valence-electron chi connectivity index (χ0n) is 12.4. The number of likely N-dealkylation sites (tertiary alicyclic amines) is 1. The molecule has 11 heteroatoms. The highest BCUT2D eigenvalue weighted by atomic mass is 32.2. The van der Waals surface area contributed by atoms with Gasteiger partial charge in [0.2, 0.25) is 0 Å². The first-order valence-electron chi connectivity index (χ1n) is 7.00. The fourth-order valence-electron chi connectivity index (χ4n) is 2.29. The first kappa shape index (κ1) is 18.1. The largest absolute Gasteiger partial charge is 0.465 e. The van der Waals surface area contributed by atoms with Crippen LogP contribution in [0.2, 0.25) is 0 Å². The van der Waals surface area contributed by atoms with E-state index in [1.165, 1.54) is 0 Å². The summed E-state index contributed by atoms with van der Waals surface area (Å²) in [5, 5.41) is 19.5. The molecule has 1 amide bonds. The molecule has 0 spiro atoms. The molecule has 1 N–H and O–H groups in total. The van der Waals surface area contributed by atoms with Gasteiger partial charge >= 0.3 is 6.09 Å². The molecule has 2 atom stereocenters. The Morgan fingerprint density at radius 1 is 1.29 bits per heavy atom. The Morgan fingerprint density at radius 2 is 1.88 bits per heavy atom. The molecule has 2 rings (SSSR count). The molecule has 0 saturated carbocycles. The second kappa shape index (κ2) is 7.09. The van der Waals surface area contributed by atoms with Crippen LogP contribution in [0.5, 0.6) is 0 Å². The van der Waals surface area contributed by atoms with Gasteiger partial charge in [0, 0.05) is 25.2 Å². The van der Waals surface area contributed by atoms with Gasteiger partial charge in [0.05, 0.1) is 9.82 Å². The molecule has 0 radical (unpaired) electrons. The highest BCUT2D eigenvalue weighted by Crippen LogP contribution is 2.24. The predicted octanol–water partition coefficient (Wildman–Crippen LogP) is 1.78. The molecule has 0 bridgehead atoms. The molecule has 1 fully saturated rings. The second-order valence-corrected chi connectivity index (χ2v) is 6.77. The fraction of sp³-hybridized carbons (Fsp3) is 0.462. The third kappa shape index (κ3) is 4.17. The lowest BCUT2D eigenvalue weighted by molar-refractivity contribution is -0.384. The van der Waals surface area contributed by atoms with Crippen LogP contribution in [-0.4, -0.2) is 54.8 Å². The van der Waals surface area contributed by atoms with E-state index in [-0.39, 0.29) is 36.5 Å². The van der Waals surface area contributed by atoms with E-state index in [0.29, 0.717) is 0 Å². The Morgan fingerprint density at radius 3 is 2.42 bits per heavy atom. The summed E-state index contributed by atoms with van der Waals surface area (Å²) < 4.78 is 43.3. The lowest BCUT2D eigenvalue weighted by atomic mass is 10.1. The number of nitrogens with zero attached hydrogens (tertiary/aromatic N) is 2. The van der Waals surface area contributed by atoms with Crippen LogP contribution in [0, 0.1) is 10.1 Å². The van der Waals surface area contributed by atoms with Gasteiger partial charge in [0.25, 0.3) is 15.8 Å². The van der Waals surface area contributed by atoms with Crippen LogP contribution >= 0.6 is 0 Å². The Hall–Kier alpha value is -2.27. The molecule has 9 nitrogen and oxygen atoms in total. The molecule has 1 aromatic carbocycles. The molecule has 0 aliphatic carbocycles. The van der Waals surface area contributed by atoms with Crippen LogP contribution in [-0.2, 0) is 14.3 Å². The molecule has 0 aromatic heterocycles. The molecule has 1 aromatic rings. The summed E-state index contributed by atoms with van der Waals surface area (Å²) in [7, 11) is -4.32. The minimum Gasteiger partial charge on any atom is -0.465 e. The van der Waals surface area contributed by atoms with Crippen LogP contribution in [0.15, 0.2) is 29.2 Å². The van der Waals surface area contributed by atoms with Crippen LogP contribution < -0.4 is 0 Å². The van der Waals surface area contributed by atoms with Gasteiger partial charge in [-0.2, -0.15) is 8.42 Å². The zero-order chi connectivity index (χ0) is 17.9. The van der Waals surface area contributed by atoms with E-state index in [4.69, 9.17) is 9.29 Å². The van der Waals surface area contributed by atoms with E-state index >= 15 is 0 Å². The van der Waals surface area contributed by atoms with Crippen molar-refractivity contribution in [3.63, 3.8) is 0 Å². The van der Waals surface area contributed by atoms with E-state index in [9.17, 15) is 27.7 Å². The van der Waals surface area contributed by atoms with Crippen molar-refractivity contribution in [2.24, 2.45) is 0 Å². The molecule has 1 aliphatic heterocycles. The molecule has 132 valence electrons. The fourth-order valence-corrected chi connectivity index (χ4v) is 3.42. The van der Waals surface area contributed by atoms with Crippen molar-refractivity contribution >= 4 is 21.9 Å². The Balaban J connectivity index is 2.12. The number of non-ortho nitro benzene ring substituents is 1. The molecular weight excluding hydrogens is 347 g/mol. The quantitative estimate of drug-likeness (QED) is 0.491. The van der Waals surface area contributed by atoms with Crippen LogP contribution in [0.1, 0.15) is 12.8 Å². The maximum atomic E-state index is 14.1. The number of amides is 1. The summed E-state index contributed by atoms with van der Waals surface area (Å²) in [6.07, 6.45) is -4.44. The third-order valence-electron chi connectivity index (χ3n) is 3.62. The number of hydrogen-bond acceptors (Lipinski definition) is 6. The average Bonchev–Trinajstić information content (AvgIpc) is 2.70. The minimum atomic E-state index is -4.32. The Bertz CT molecular complexity index is 722. The second-order valence-electron chi connectivity index (χ2n) is 5.20. The molecule has 0 unspecified atom stereocenters. The van der Waals surface area contributed by atoms with Gasteiger partial charge in [0.1, 0.15) is 12.3 Å². The smallest absolute Gasteiger partial charge is 0.407 e. The number of carbonyl (C=O) groups is 1. The van der Waals surface area contributed by atoms with E-state index < -0.39 is 33.4 Å². The Labute approximate surface area is 136 Å². The monoisotopic (exact) mass is 362 g/mol. The number of alkyl halides is 1. The summed E-state index contributed by atoms with van der Waals surface area (Å²) in [6.45, 7) is -0.0931. The first-order chi connectivity index (χ1) is 11.2. The average molecular weight is 362 g/mol. The van der Waals surface area contributed by atoms with Crippen molar-refractivity contribution in [2.75, 3.05) is 13.1 Å². The lowest BCUT2D eigenvalue weighted by Gasteiger charge is -2.18. The van der Waals surface area contributed by atoms with Gasteiger partial charge in [-0.25, -0.2) is 9.18 Å². The third-order valence-corrected chi connectivity index (χ3v) is 4.97. The van der Waals surface area contributed by atoms with Gasteiger partial charge < -0.3 is 10.0 Å². The van der Waals surface area contributed by atoms with Crippen molar-refractivity contribution in [2.45, 2.75) is 30.0 Å². The number of nitro groups is 1. The lowest BCUT2D eigenvalue weighted by Crippen LogP contribution is -2.31. The highest BCUT2D eigenvalue weighted by Gasteiger charge is 2.33. The zero-order valence-corrected chi connectivity index (χ0v) is 13.2. The van der Waals surface area contributed by atoms with Crippen LogP contribution in [0.25, 0.3) is 0 Å². The topological polar surface area (TPSA) is 127 Å². The van der Waals surface area contributed by atoms with Crippen molar-refractivity contribution in [3.05, 3.63) is 34.4 Å². The molecule has 1 saturated heterocycles. The number of hydrogen-bond donors (Lipinski definition) is 1. The molecular formula is C13H15FN2O7S. The number of rotatable bonds is 4. The van der Waals surface area contributed by atoms with Gasteiger partial charge in [-0.15, -0.1) is 0 Å². The summed E-state index contributed by atoms with van der Waals surface area (Å²) >= 11 is 0. The first-order valence-corrected chi connectivity index (χ1v) is 8.41. The van der Waals surface area contributed by atoms with E-state index in [0.717, 1.165) is 29.2 Å². The predicted molar refractivity (Wildman–Crippen MR) is 78.9 cm³/mol. The number of nitro benzene ring substituents is 1. The van der Waals surface area contributed by atoms with E-state index in [2.05, 4.69) is 0 Å². The summed E-state index contributed by atoms with van der Waals surface area (Å²) in [5.41, 5.74) is -0.288. The maximum Gasteiger partial charge on any atom is 0.407 e. The maximum absolute atomic E-state index is 14.1. The molecule has 24 heavy (non-hydrogen) atoms. The number of benzene rings is 1. The summed E-state index contributed by atoms with van der Waals surface area (Å²) in [5.74, 6) is 0. The highest BCUT2D eigenvalue weighted by molar-refractivity contribution is 7.86. The van der Waals surface area contributed by atoms with Crippen molar-refractivity contribution in [1.29, 1.82) is 0 Å². The van der Waals surface area contributed by atoms with E-state index in [1.54, 1.807) is 0 Å². The van der Waals surface area contributed by atoms with Gasteiger partial charge in [0.15, 0.2) is 0 Å². The van der Waals surface area contributed by atoms with Gasteiger partial charge in [-0.05, 0) is 25.0 Å².